The van der Waals surface area contributed by atoms with Crippen molar-refractivity contribution in [3.63, 3.8) is 0 Å². The van der Waals surface area contributed by atoms with Crippen LogP contribution in [0.15, 0.2) is 29.6 Å². The molecule has 1 aliphatic heterocycles. The van der Waals surface area contributed by atoms with E-state index in [4.69, 9.17) is 0 Å². The highest BCUT2D eigenvalue weighted by Crippen LogP contribution is 2.27. The average Bonchev–Trinajstić information content (AvgIpc) is 3.21. The molecule has 1 atom stereocenters. The maximum absolute atomic E-state index is 13.0. The fourth-order valence-corrected chi connectivity index (χ4v) is 4.30. The summed E-state index contributed by atoms with van der Waals surface area (Å²) in [5, 5.41) is 5.68. The number of thiazole rings is 1. The zero-order valence-electron chi connectivity index (χ0n) is 17.8. The first-order chi connectivity index (χ1) is 13.8. The third-order valence-electron chi connectivity index (χ3n) is 5.31. The van der Waals surface area contributed by atoms with Crippen molar-refractivity contribution < 1.29 is 9.59 Å². The molecule has 1 aliphatic rings. The van der Waals surface area contributed by atoms with Gasteiger partial charge in [-0.3, -0.25) is 9.59 Å². The number of amides is 2. The molecule has 2 heterocycles. The molecule has 2 aromatic rings. The normalized spacial score (nSPS) is 17.0. The number of rotatable bonds is 6. The van der Waals surface area contributed by atoms with E-state index >= 15 is 0 Å². The van der Waals surface area contributed by atoms with Gasteiger partial charge in [0.05, 0.1) is 5.92 Å². The lowest BCUT2D eigenvalue weighted by Gasteiger charge is -2.31. The predicted octanol–water partition coefficient (Wildman–Crippen LogP) is 4.56. The number of carbonyl (C=O) groups is 2. The Balaban J connectivity index is 1.65. The largest absolute Gasteiger partial charge is 0.356 e. The van der Waals surface area contributed by atoms with Gasteiger partial charge in [-0.15, -0.1) is 11.3 Å². The number of benzene rings is 1. The van der Waals surface area contributed by atoms with Gasteiger partial charge in [-0.2, -0.15) is 0 Å². The van der Waals surface area contributed by atoms with Crippen molar-refractivity contribution in [2.45, 2.75) is 46.5 Å². The SMILES string of the molecule is CC(C)CNC(=O)C1CCCN(C(=O)c2csc(-c3ccc(C(C)C)cc3)n2)C1. The van der Waals surface area contributed by atoms with Crippen molar-refractivity contribution in [3.8, 4) is 10.6 Å². The topological polar surface area (TPSA) is 62.3 Å². The summed E-state index contributed by atoms with van der Waals surface area (Å²) >= 11 is 1.49. The molecule has 29 heavy (non-hydrogen) atoms. The molecule has 1 N–H and O–H groups in total. The maximum Gasteiger partial charge on any atom is 0.273 e. The van der Waals surface area contributed by atoms with Crippen LogP contribution in [0.2, 0.25) is 0 Å². The highest BCUT2D eigenvalue weighted by Gasteiger charge is 2.29. The Morgan fingerprint density at radius 3 is 2.59 bits per heavy atom. The molecule has 1 aromatic carbocycles. The van der Waals surface area contributed by atoms with Gasteiger partial charge in [-0.1, -0.05) is 52.0 Å². The van der Waals surface area contributed by atoms with E-state index in [0.717, 1.165) is 23.4 Å². The molecule has 0 saturated carbocycles. The fraction of sp³-hybridized carbons (Fsp3) is 0.522. The first-order valence-electron chi connectivity index (χ1n) is 10.5. The third-order valence-corrected chi connectivity index (χ3v) is 6.20. The van der Waals surface area contributed by atoms with Crippen LogP contribution in [-0.2, 0) is 4.79 Å². The quantitative estimate of drug-likeness (QED) is 0.755. The Morgan fingerprint density at radius 2 is 1.93 bits per heavy atom. The van der Waals surface area contributed by atoms with Crippen molar-refractivity contribution in [2.24, 2.45) is 11.8 Å². The van der Waals surface area contributed by atoms with Crippen molar-refractivity contribution in [1.29, 1.82) is 0 Å². The van der Waals surface area contributed by atoms with E-state index < -0.39 is 0 Å². The summed E-state index contributed by atoms with van der Waals surface area (Å²) < 4.78 is 0. The summed E-state index contributed by atoms with van der Waals surface area (Å²) in [7, 11) is 0. The molecule has 1 unspecified atom stereocenters. The maximum atomic E-state index is 13.0. The van der Waals surface area contributed by atoms with Crippen molar-refractivity contribution in [1.82, 2.24) is 15.2 Å². The van der Waals surface area contributed by atoms with Crippen LogP contribution >= 0.6 is 11.3 Å². The molecule has 2 amide bonds. The van der Waals surface area contributed by atoms with E-state index in [2.05, 4.69) is 62.3 Å². The molecule has 156 valence electrons. The number of carbonyl (C=O) groups excluding carboxylic acids is 2. The molecule has 0 aliphatic carbocycles. The molecule has 3 rings (SSSR count). The first kappa shape index (κ1) is 21.5. The minimum absolute atomic E-state index is 0.0559. The minimum atomic E-state index is -0.131. The molecular formula is C23H31N3O2S. The second-order valence-electron chi connectivity index (χ2n) is 8.54. The van der Waals surface area contributed by atoms with Gasteiger partial charge in [0.2, 0.25) is 5.91 Å². The Kier molecular flexibility index (Phi) is 7.06. The Labute approximate surface area is 177 Å². The summed E-state index contributed by atoms with van der Waals surface area (Å²) in [6.07, 6.45) is 1.68. The van der Waals surface area contributed by atoms with Gasteiger partial charge in [0.25, 0.3) is 5.91 Å². The number of hydrogen-bond acceptors (Lipinski definition) is 4. The molecule has 0 bridgehead atoms. The zero-order chi connectivity index (χ0) is 21.0. The highest BCUT2D eigenvalue weighted by molar-refractivity contribution is 7.13. The van der Waals surface area contributed by atoms with Crippen LogP contribution in [0.4, 0.5) is 0 Å². The third kappa shape index (κ3) is 5.44. The van der Waals surface area contributed by atoms with Crippen LogP contribution in [0.5, 0.6) is 0 Å². The van der Waals surface area contributed by atoms with Crippen molar-refractivity contribution in [3.05, 3.63) is 40.9 Å². The lowest BCUT2D eigenvalue weighted by Crippen LogP contribution is -2.46. The average molecular weight is 414 g/mol. The van der Waals surface area contributed by atoms with Crippen LogP contribution in [0.1, 0.15) is 62.5 Å². The monoisotopic (exact) mass is 413 g/mol. The van der Waals surface area contributed by atoms with Gasteiger partial charge >= 0.3 is 0 Å². The van der Waals surface area contributed by atoms with Crippen LogP contribution in [0.25, 0.3) is 10.6 Å². The number of likely N-dealkylation sites (tertiary alicyclic amines) is 1. The van der Waals surface area contributed by atoms with E-state index in [1.54, 1.807) is 4.90 Å². The summed E-state index contributed by atoms with van der Waals surface area (Å²) in [6.45, 7) is 10.3. The van der Waals surface area contributed by atoms with E-state index in [1.165, 1.54) is 16.9 Å². The molecule has 6 heteroatoms. The number of piperidine rings is 1. The van der Waals surface area contributed by atoms with Crippen LogP contribution in [0.3, 0.4) is 0 Å². The van der Waals surface area contributed by atoms with Crippen LogP contribution in [0, 0.1) is 11.8 Å². The zero-order valence-corrected chi connectivity index (χ0v) is 18.6. The molecular weight excluding hydrogens is 382 g/mol. The highest BCUT2D eigenvalue weighted by atomic mass is 32.1. The molecule has 0 radical (unpaired) electrons. The van der Waals surface area contributed by atoms with E-state index in [1.807, 2.05) is 5.38 Å². The van der Waals surface area contributed by atoms with Crippen LogP contribution in [-0.4, -0.2) is 41.3 Å². The first-order valence-corrected chi connectivity index (χ1v) is 11.4. The Morgan fingerprint density at radius 1 is 1.21 bits per heavy atom. The number of hydrogen-bond donors (Lipinski definition) is 1. The van der Waals surface area contributed by atoms with Gasteiger partial charge in [0.1, 0.15) is 10.7 Å². The molecule has 1 fully saturated rings. The second kappa shape index (κ2) is 9.53. The minimum Gasteiger partial charge on any atom is -0.356 e. The van der Waals surface area contributed by atoms with E-state index in [-0.39, 0.29) is 17.7 Å². The lowest BCUT2D eigenvalue weighted by atomic mass is 9.96. The summed E-state index contributed by atoms with van der Waals surface area (Å²) in [5.41, 5.74) is 2.79. The summed E-state index contributed by atoms with van der Waals surface area (Å²) in [6, 6.07) is 8.37. The van der Waals surface area contributed by atoms with Crippen LogP contribution < -0.4 is 5.32 Å². The molecule has 5 nitrogen and oxygen atoms in total. The lowest BCUT2D eigenvalue weighted by molar-refractivity contribution is -0.126. The fourth-order valence-electron chi connectivity index (χ4n) is 3.50. The molecule has 1 saturated heterocycles. The van der Waals surface area contributed by atoms with E-state index in [9.17, 15) is 9.59 Å². The van der Waals surface area contributed by atoms with Crippen molar-refractivity contribution >= 4 is 23.2 Å². The summed E-state index contributed by atoms with van der Waals surface area (Å²) in [4.78, 5) is 31.7. The molecule has 0 spiro atoms. The van der Waals surface area contributed by atoms with Gasteiger partial charge < -0.3 is 10.2 Å². The van der Waals surface area contributed by atoms with E-state index in [0.29, 0.717) is 37.2 Å². The number of nitrogens with zero attached hydrogens (tertiary/aromatic N) is 2. The van der Waals surface area contributed by atoms with Gasteiger partial charge in [0.15, 0.2) is 0 Å². The van der Waals surface area contributed by atoms with Gasteiger partial charge in [-0.05, 0) is 30.2 Å². The Bertz CT molecular complexity index is 842. The summed E-state index contributed by atoms with van der Waals surface area (Å²) in [5.74, 6) is 0.756. The van der Waals surface area contributed by atoms with Crippen molar-refractivity contribution in [2.75, 3.05) is 19.6 Å². The standard InChI is InChI=1S/C23H31N3O2S/c1-15(2)12-24-21(27)19-6-5-11-26(13-19)23(28)20-14-29-22(25-20)18-9-7-17(8-10-18)16(3)4/h7-10,14-16,19H,5-6,11-13H2,1-4H3,(H,24,27). The van der Waals surface area contributed by atoms with Gasteiger partial charge in [-0.25, -0.2) is 4.98 Å². The second-order valence-corrected chi connectivity index (χ2v) is 9.40. The molecule has 1 aromatic heterocycles. The number of nitrogens with one attached hydrogen (secondary N) is 1. The number of aromatic nitrogens is 1. The smallest absolute Gasteiger partial charge is 0.273 e. The Hall–Kier alpha value is -2.21. The van der Waals surface area contributed by atoms with Gasteiger partial charge in [0, 0.05) is 30.6 Å². The predicted molar refractivity (Wildman–Crippen MR) is 118 cm³/mol.